The molecule has 1 fully saturated rings. The fraction of sp³-hybridized carbons (Fsp3) is 0.500. The monoisotopic (exact) mass is 249 g/mol. The lowest BCUT2D eigenvalue weighted by Crippen LogP contribution is -2.23. The van der Waals surface area contributed by atoms with E-state index in [0.29, 0.717) is 0 Å². The van der Waals surface area contributed by atoms with Crippen LogP contribution in [0.2, 0.25) is 0 Å². The van der Waals surface area contributed by atoms with Gasteiger partial charge in [-0.1, -0.05) is 17.7 Å². The fourth-order valence-electron chi connectivity index (χ4n) is 2.34. The van der Waals surface area contributed by atoms with Gasteiger partial charge in [0.05, 0.1) is 0 Å². The summed E-state index contributed by atoms with van der Waals surface area (Å²) in [6, 6.07) is 4.23. The number of anilines is 1. The van der Waals surface area contributed by atoms with Gasteiger partial charge in [0.2, 0.25) is 5.91 Å². The summed E-state index contributed by atoms with van der Waals surface area (Å²) in [6.07, 6.45) is 1.01. The molecule has 17 heavy (non-hydrogen) atoms. The zero-order chi connectivity index (χ0) is 12.4. The molecule has 92 valence electrons. The summed E-state index contributed by atoms with van der Waals surface area (Å²) in [4.78, 5) is 12.1. The highest BCUT2D eigenvalue weighted by Crippen LogP contribution is 2.27. The Morgan fingerprint density at radius 3 is 2.47 bits per heavy atom. The van der Waals surface area contributed by atoms with Crippen LogP contribution < -0.4 is 5.32 Å². The summed E-state index contributed by atoms with van der Waals surface area (Å²) in [5.41, 5.74) is 4.55. The largest absolute Gasteiger partial charge is 0.325 e. The minimum Gasteiger partial charge on any atom is -0.325 e. The van der Waals surface area contributed by atoms with Crippen LogP contribution in [0.5, 0.6) is 0 Å². The van der Waals surface area contributed by atoms with Gasteiger partial charge in [-0.05, 0) is 44.1 Å². The molecular weight excluding hydrogens is 230 g/mol. The minimum absolute atomic E-state index is 0.185. The van der Waals surface area contributed by atoms with Crippen molar-refractivity contribution in [3.05, 3.63) is 28.8 Å². The predicted octanol–water partition coefficient (Wildman–Crippen LogP) is 3.30. The van der Waals surface area contributed by atoms with Crippen LogP contribution in [-0.2, 0) is 4.79 Å². The number of thioether (sulfide) groups is 1. The van der Waals surface area contributed by atoms with Crippen LogP contribution >= 0.6 is 11.8 Å². The van der Waals surface area contributed by atoms with Crippen molar-refractivity contribution >= 4 is 23.4 Å². The van der Waals surface area contributed by atoms with Gasteiger partial charge in [0.15, 0.2) is 0 Å². The van der Waals surface area contributed by atoms with Crippen molar-refractivity contribution in [2.45, 2.75) is 27.2 Å². The van der Waals surface area contributed by atoms with Crippen molar-refractivity contribution < 1.29 is 4.79 Å². The van der Waals surface area contributed by atoms with Crippen molar-refractivity contribution in [2.24, 2.45) is 5.92 Å². The van der Waals surface area contributed by atoms with E-state index < -0.39 is 0 Å². The number of nitrogens with one attached hydrogen (secondary N) is 1. The Kier molecular flexibility index (Phi) is 3.77. The quantitative estimate of drug-likeness (QED) is 0.871. The van der Waals surface area contributed by atoms with Crippen LogP contribution in [0.25, 0.3) is 0 Å². The van der Waals surface area contributed by atoms with Gasteiger partial charge in [-0.3, -0.25) is 4.79 Å². The van der Waals surface area contributed by atoms with E-state index in [0.717, 1.165) is 34.7 Å². The van der Waals surface area contributed by atoms with Crippen LogP contribution in [0, 0.1) is 26.7 Å². The third-order valence-corrected chi connectivity index (χ3v) is 4.39. The summed E-state index contributed by atoms with van der Waals surface area (Å²) in [5.74, 6) is 2.46. The Balaban J connectivity index is 2.15. The van der Waals surface area contributed by atoms with E-state index >= 15 is 0 Å². The molecule has 3 heteroatoms. The third-order valence-electron chi connectivity index (χ3n) is 3.23. The van der Waals surface area contributed by atoms with Crippen molar-refractivity contribution in [3.63, 3.8) is 0 Å². The van der Waals surface area contributed by atoms with E-state index in [4.69, 9.17) is 0 Å². The van der Waals surface area contributed by atoms with Crippen LogP contribution in [0.1, 0.15) is 23.1 Å². The smallest absolute Gasteiger partial charge is 0.228 e. The normalized spacial score (nSPS) is 19.4. The molecule has 1 aliphatic heterocycles. The molecule has 0 aromatic heterocycles. The number of hydrogen-bond acceptors (Lipinski definition) is 2. The van der Waals surface area contributed by atoms with Crippen molar-refractivity contribution in [1.82, 2.24) is 0 Å². The second-order valence-electron chi connectivity index (χ2n) is 4.82. The number of carbonyl (C=O) groups is 1. The number of hydrogen-bond donors (Lipinski definition) is 1. The zero-order valence-electron chi connectivity index (χ0n) is 10.7. The average Bonchev–Trinajstić information content (AvgIpc) is 2.76. The lowest BCUT2D eigenvalue weighted by atomic mass is 10.0. The molecule has 0 saturated carbocycles. The van der Waals surface area contributed by atoms with Crippen molar-refractivity contribution in [1.29, 1.82) is 0 Å². The molecule has 1 aromatic rings. The topological polar surface area (TPSA) is 29.1 Å². The highest BCUT2D eigenvalue weighted by molar-refractivity contribution is 7.99. The first-order chi connectivity index (χ1) is 8.08. The maximum atomic E-state index is 12.1. The number of benzene rings is 1. The van der Waals surface area contributed by atoms with Crippen LogP contribution in [-0.4, -0.2) is 17.4 Å². The van der Waals surface area contributed by atoms with Gasteiger partial charge < -0.3 is 5.32 Å². The van der Waals surface area contributed by atoms with Gasteiger partial charge >= 0.3 is 0 Å². The molecule has 2 nitrogen and oxygen atoms in total. The SMILES string of the molecule is Cc1cc(C)c(NC(=O)C2CCSC2)c(C)c1. The highest BCUT2D eigenvalue weighted by Gasteiger charge is 2.23. The zero-order valence-corrected chi connectivity index (χ0v) is 11.5. The Bertz CT molecular complexity index is 413. The Morgan fingerprint density at radius 1 is 1.29 bits per heavy atom. The molecule has 1 atom stereocenters. The molecule has 1 amide bonds. The van der Waals surface area contributed by atoms with Crippen molar-refractivity contribution in [2.75, 3.05) is 16.8 Å². The van der Waals surface area contributed by atoms with E-state index in [9.17, 15) is 4.79 Å². The standard InChI is InChI=1S/C14H19NOS/c1-9-6-10(2)13(11(3)7-9)15-14(16)12-4-5-17-8-12/h6-7,12H,4-5,8H2,1-3H3,(H,15,16). The summed E-state index contributed by atoms with van der Waals surface area (Å²) in [6.45, 7) is 6.19. The Morgan fingerprint density at radius 2 is 1.94 bits per heavy atom. The molecule has 0 spiro atoms. The van der Waals surface area contributed by atoms with Gasteiger partial charge in [0, 0.05) is 17.4 Å². The van der Waals surface area contributed by atoms with Gasteiger partial charge in [0.25, 0.3) is 0 Å². The predicted molar refractivity (Wildman–Crippen MR) is 74.7 cm³/mol. The van der Waals surface area contributed by atoms with Crippen LogP contribution in [0.15, 0.2) is 12.1 Å². The number of rotatable bonds is 2. The number of amides is 1. The van der Waals surface area contributed by atoms with Gasteiger partial charge in [-0.25, -0.2) is 0 Å². The number of aryl methyl sites for hydroxylation is 3. The van der Waals surface area contributed by atoms with Crippen molar-refractivity contribution in [3.8, 4) is 0 Å². The molecule has 2 rings (SSSR count). The molecule has 1 saturated heterocycles. The molecule has 1 aromatic carbocycles. The maximum absolute atomic E-state index is 12.1. The van der Waals surface area contributed by atoms with Crippen LogP contribution in [0.4, 0.5) is 5.69 Å². The minimum atomic E-state index is 0.185. The first-order valence-corrected chi connectivity index (χ1v) is 7.20. The lowest BCUT2D eigenvalue weighted by molar-refractivity contribution is -0.119. The van der Waals surface area contributed by atoms with Gasteiger partial charge in [-0.2, -0.15) is 11.8 Å². The molecule has 1 aliphatic rings. The second kappa shape index (κ2) is 5.13. The van der Waals surface area contributed by atoms with E-state index in [-0.39, 0.29) is 11.8 Å². The first-order valence-electron chi connectivity index (χ1n) is 6.04. The van der Waals surface area contributed by atoms with E-state index in [1.165, 1.54) is 5.56 Å². The molecule has 1 N–H and O–H groups in total. The molecule has 1 unspecified atom stereocenters. The Labute approximate surface area is 107 Å². The van der Waals surface area contributed by atoms with E-state index in [1.807, 2.05) is 11.8 Å². The second-order valence-corrected chi connectivity index (χ2v) is 5.97. The highest BCUT2D eigenvalue weighted by atomic mass is 32.2. The summed E-state index contributed by atoms with van der Waals surface area (Å²) >= 11 is 1.87. The van der Waals surface area contributed by atoms with E-state index in [1.54, 1.807) is 0 Å². The molecular formula is C14H19NOS. The number of carbonyl (C=O) groups excluding carboxylic acids is 1. The molecule has 0 radical (unpaired) electrons. The Hall–Kier alpha value is -0.960. The van der Waals surface area contributed by atoms with E-state index in [2.05, 4.69) is 38.2 Å². The first kappa shape index (κ1) is 12.5. The summed E-state index contributed by atoms with van der Waals surface area (Å²) in [7, 11) is 0. The van der Waals surface area contributed by atoms with Gasteiger partial charge in [0.1, 0.15) is 0 Å². The lowest BCUT2D eigenvalue weighted by Gasteiger charge is -2.15. The molecule has 0 aliphatic carbocycles. The summed E-state index contributed by atoms with van der Waals surface area (Å²) in [5, 5.41) is 3.10. The fourth-order valence-corrected chi connectivity index (χ4v) is 3.56. The molecule has 0 bridgehead atoms. The summed E-state index contributed by atoms with van der Waals surface area (Å²) < 4.78 is 0. The molecule has 1 heterocycles. The third kappa shape index (κ3) is 2.83. The average molecular weight is 249 g/mol. The maximum Gasteiger partial charge on any atom is 0.228 e. The van der Waals surface area contributed by atoms with Gasteiger partial charge in [-0.15, -0.1) is 0 Å². The van der Waals surface area contributed by atoms with Crippen LogP contribution in [0.3, 0.4) is 0 Å².